The predicted octanol–water partition coefficient (Wildman–Crippen LogP) is 0.247. The molecule has 0 saturated carbocycles. The molecule has 3 N–H and O–H groups in total. The fourth-order valence-corrected chi connectivity index (χ4v) is 5.93. The Labute approximate surface area is 159 Å². The van der Waals surface area contributed by atoms with Crippen LogP contribution in [0.3, 0.4) is 0 Å². The van der Waals surface area contributed by atoms with Crippen molar-refractivity contribution in [3.63, 3.8) is 0 Å². The summed E-state index contributed by atoms with van der Waals surface area (Å²) >= 11 is 1.22. The summed E-state index contributed by atoms with van der Waals surface area (Å²) in [6.07, 6.45) is 0. The number of β-lactam (4-membered cyclic amide) rings is 1. The molecule has 2 aliphatic heterocycles. The van der Waals surface area contributed by atoms with Gasteiger partial charge in [0.2, 0.25) is 11.8 Å². The highest BCUT2D eigenvalue weighted by Gasteiger charge is 2.64. The molecule has 1 aromatic carbocycles. The van der Waals surface area contributed by atoms with Gasteiger partial charge >= 0.3 is 5.97 Å². The van der Waals surface area contributed by atoms with E-state index in [4.69, 9.17) is 0 Å². The first kappa shape index (κ1) is 19.6. The third kappa shape index (κ3) is 3.30. The second-order valence-corrected chi connectivity index (χ2v) is 10.2. The van der Waals surface area contributed by atoms with Crippen LogP contribution in [0.1, 0.15) is 24.7 Å². The molecular weight excluding hydrogens is 396 g/mol. The van der Waals surface area contributed by atoms with Crippen LogP contribution in [0, 0.1) is 0 Å². The summed E-state index contributed by atoms with van der Waals surface area (Å²) in [5, 5.41) is 9.26. The van der Waals surface area contributed by atoms with E-state index in [9.17, 15) is 32.5 Å². The van der Waals surface area contributed by atoms with Gasteiger partial charge in [-0.2, -0.15) is 8.42 Å². The van der Waals surface area contributed by atoms with E-state index in [0.717, 1.165) is 0 Å². The molecule has 11 heteroatoms. The lowest BCUT2D eigenvalue weighted by atomic mass is 9.96. The Morgan fingerprint density at radius 1 is 1.26 bits per heavy atom. The molecule has 9 nitrogen and oxygen atoms in total. The monoisotopic (exact) mass is 414 g/mol. The first-order chi connectivity index (χ1) is 12.4. The van der Waals surface area contributed by atoms with E-state index >= 15 is 0 Å². The molecule has 0 bridgehead atoms. The Hall–Kier alpha value is -2.11. The minimum absolute atomic E-state index is 0.0592. The zero-order valence-electron chi connectivity index (χ0n) is 14.4. The molecule has 0 unspecified atom stereocenters. The highest BCUT2D eigenvalue weighted by Crippen LogP contribution is 2.50. The number of amides is 2. The third-order valence-corrected chi connectivity index (χ3v) is 7.26. The van der Waals surface area contributed by atoms with Crippen LogP contribution in [0.25, 0.3) is 0 Å². The van der Waals surface area contributed by atoms with E-state index in [1.54, 1.807) is 19.9 Å². The highest BCUT2D eigenvalue weighted by atomic mass is 32.2. The molecule has 4 atom stereocenters. The van der Waals surface area contributed by atoms with Gasteiger partial charge in [0.15, 0.2) is 5.25 Å². The maximum Gasteiger partial charge on any atom is 0.327 e. The number of nitrogens with zero attached hydrogens (tertiary/aromatic N) is 1. The summed E-state index contributed by atoms with van der Waals surface area (Å²) in [5.41, 5.74) is 0.0592. The van der Waals surface area contributed by atoms with Gasteiger partial charge in [0.25, 0.3) is 10.1 Å². The standard InChI is InChI=1S/C16H18N2O7S2/c1-16(2)11(15(21)22)18-13(20)9(14(18)26-16)17-12(19)10(27(23,24)25)8-6-4-3-5-7-8/h3-7,9-11,14H,1-2H3,(H,17,19)(H,21,22)(H,23,24,25)/t9-,10+,11+,14-/m1/s1. The molecular formula is C16H18N2O7S2. The van der Waals surface area contributed by atoms with Crippen molar-refractivity contribution in [1.29, 1.82) is 0 Å². The first-order valence-electron chi connectivity index (χ1n) is 7.99. The van der Waals surface area contributed by atoms with Crippen LogP contribution >= 0.6 is 11.8 Å². The number of benzene rings is 1. The molecule has 2 heterocycles. The van der Waals surface area contributed by atoms with Crippen LogP contribution in [0.5, 0.6) is 0 Å². The zero-order valence-corrected chi connectivity index (χ0v) is 16.0. The van der Waals surface area contributed by atoms with Crippen LogP contribution in [0.4, 0.5) is 0 Å². The van der Waals surface area contributed by atoms with Crippen LogP contribution in [-0.2, 0) is 24.5 Å². The molecule has 3 rings (SSSR count). The molecule has 2 aliphatic rings. The second kappa shape index (κ2) is 6.50. The van der Waals surface area contributed by atoms with Crippen molar-refractivity contribution in [2.45, 2.75) is 41.3 Å². The summed E-state index contributed by atoms with van der Waals surface area (Å²) in [6.45, 7) is 3.37. The number of aliphatic carboxylic acids is 1. The molecule has 2 amide bonds. The topological polar surface area (TPSA) is 141 Å². The Morgan fingerprint density at radius 2 is 1.85 bits per heavy atom. The highest BCUT2D eigenvalue weighted by molar-refractivity contribution is 8.01. The molecule has 2 saturated heterocycles. The smallest absolute Gasteiger partial charge is 0.327 e. The molecule has 0 spiro atoms. The number of carbonyl (C=O) groups excluding carboxylic acids is 2. The number of carboxylic acids is 1. The Kier molecular flexibility index (Phi) is 4.73. The van der Waals surface area contributed by atoms with Crippen LogP contribution in [-0.4, -0.2) is 63.0 Å². The number of hydrogen-bond donors (Lipinski definition) is 3. The number of carbonyl (C=O) groups is 3. The Bertz CT molecular complexity index is 901. The van der Waals surface area contributed by atoms with E-state index in [0.29, 0.717) is 0 Å². The van der Waals surface area contributed by atoms with Gasteiger partial charge in [0.05, 0.1) is 0 Å². The van der Waals surface area contributed by atoms with Crippen molar-refractivity contribution in [2.24, 2.45) is 0 Å². The summed E-state index contributed by atoms with van der Waals surface area (Å²) in [4.78, 5) is 37.7. The van der Waals surface area contributed by atoms with Gasteiger partial charge < -0.3 is 15.3 Å². The van der Waals surface area contributed by atoms with Gasteiger partial charge in [-0.15, -0.1) is 11.8 Å². The molecule has 0 aromatic heterocycles. The maximum absolute atomic E-state index is 12.6. The summed E-state index contributed by atoms with van der Waals surface area (Å²) in [7, 11) is -4.77. The zero-order chi connectivity index (χ0) is 20.1. The van der Waals surface area contributed by atoms with Crippen LogP contribution in [0.15, 0.2) is 30.3 Å². The van der Waals surface area contributed by atoms with Crippen molar-refractivity contribution < 1.29 is 32.5 Å². The summed E-state index contributed by atoms with van der Waals surface area (Å²) < 4.78 is 32.2. The van der Waals surface area contributed by atoms with Crippen LogP contribution < -0.4 is 5.32 Å². The van der Waals surface area contributed by atoms with Crippen molar-refractivity contribution in [2.75, 3.05) is 0 Å². The van der Waals surface area contributed by atoms with E-state index in [-0.39, 0.29) is 5.56 Å². The number of thioether (sulfide) groups is 1. The number of carboxylic acid groups (broad SMARTS) is 1. The molecule has 0 radical (unpaired) electrons. The average molecular weight is 414 g/mol. The van der Waals surface area contributed by atoms with Crippen molar-refractivity contribution in [3.8, 4) is 0 Å². The minimum atomic E-state index is -4.77. The third-order valence-electron chi connectivity index (χ3n) is 4.61. The normalized spacial score (nSPS) is 27.4. The van der Waals surface area contributed by atoms with E-state index in [2.05, 4.69) is 5.32 Å². The van der Waals surface area contributed by atoms with Gasteiger partial charge in [-0.3, -0.25) is 14.1 Å². The molecule has 27 heavy (non-hydrogen) atoms. The van der Waals surface area contributed by atoms with Gasteiger partial charge in [-0.05, 0) is 19.4 Å². The SMILES string of the molecule is CC1(C)S[C@@H]2[C@H](NC(=O)[C@H](c3ccccc3)S(=O)(=O)O)C(=O)N2[C@H]1C(=O)O. The van der Waals surface area contributed by atoms with Crippen molar-refractivity contribution in [1.82, 2.24) is 10.2 Å². The van der Waals surface area contributed by atoms with Crippen molar-refractivity contribution >= 4 is 39.7 Å². The molecule has 0 aliphatic carbocycles. The maximum atomic E-state index is 12.6. The minimum Gasteiger partial charge on any atom is -0.480 e. The van der Waals surface area contributed by atoms with E-state index in [1.807, 2.05) is 0 Å². The van der Waals surface area contributed by atoms with Crippen molar-refractivity contribution in [3.05, 3.63) is 35.9 Å². The van der Waals surface area contributed by atoms with Gasteiger partial charge in [-0.25, -0.2) is 4.79 Å². The lowest BCUT2D eigenvalue weighted by Gasteiger charge is -2.43. The quantitative estimate of drug-likeness (QED) is 0.460. The number of rotatable bonds is 5. The Morgan fingerprint density at radius 3 is 2.37 bits per heavy atom. The predicted molar refractivity (Wildman–Crippen MR) is 96.4 cm³/mol. The van der Waals surface area contributed by atoms with Gasteiger partial charge in [-0.1, -0.05) is 30.3 Å². The van der Waals surface area contributed by atoms with E-state index in [1.165, 1.54) is 40.9 Å². The summed E-state index contributed by atoms with van der Waals surface area (Å²) in [5.74, 6) is -2.78. The average Bonchev–Trinajstić information content (AvgIpc) is 2.81. The molecule has 2 fully saturated rings. The molecule has 1 aromatic rings. The van der Waals surface area contributed by atoms with Crippen LogP contribution in [0.2, 0.25) is 0 Å². The lowest BCUT2D eigenvalue weighted by molar-refractivity contribution is -0.161. The van der Waals surface area contributed by atoms with Gasteiger partial charge in [0.1, 0.15) is 17.5 Å². The number of fused-ring (bicyclic) bond motifs is 1. The van der Waals surface area contributed by atoms with Gasteiger partial charge in [0, 0.05) is 4.75 Å². The largest absolute Gasteiger partial charge is 0.480 e. The number of nitrogens with one attached hydrogen (secondary N) is 1. The summed E-state index contributed by atoms with van der Waals surface area (Å²) in [6, 6.07) is 5.31. The Balaban J connectivity index is 1.83. The number of hydrogen-bond acceptors (Lipinski definition) is 6. The first-order valence-corrected chi connectivity index (χ1v) is 10.4. The lowest BCUT2D eigenvalue weighted by Crippen LogP contribution is -2.71. The molecule has 146 valence electrons. The fourth-order valence-electron chi connectivity index (χ4n) is 3.46. The second-order valence-electron chi connectivity index (χ2n) is 6.89. The van der Waals surface area contributed by atoms with E-state index < -0.39 is 55.4 Å². The fraction of sp³-hybridized carbons (Fsp3) is 0.438.